The second-order valence-corrected chi connectivity index (χ2v) is 7.87. The molecule has 1 heterocycles. The molecule has 1 saturated heterocycles. The minimum Gasteiger partial charge on any atom is -0.508 e. The molecular formula is C18H26NO+. The molecule has 3 aliphatic rings. The molecule has 2 bridgehead atoms. The third-order valence-electron chi connectivity index (χ3n) is 6.65. The largest absolute Gasteiger partial charge is 0.508 e. The van der Waals surface area contributed by atoms with Crippen molar-refractivity contribution in [3.05, 3.63) is 29.3 Å². The molecule has 1 aliphatic heterocycles. The molecular weight excluding hydrogens is 246 g/mol. The first kappa shape index (κ1) is 12.7. The predicted octanol–water partition coefficient (Wildman–Crippen LogP) is 3.23. The van der Waals surface area contributed by atoms with E-state index in [1.54, 1.807) is 0 Å². The number of likely N-dealkylation sites (tertiary alicyclic amines) is 1. The minimum absolute atomic E-state index is 0.378. The van der Waals surface area contributed by atoms with Crippen molar-refractivity contribution in [3.8, 4) is 5.75 Å². The number of piperidine rings is 1. The van der Waals surface area contributed by atoms with Crippen molar-refractivity contribution >= 4 is 0 Å². The van der Waals surface area contributed by atoms with E-state index in [2.05, 4.69) is 26.2 Å². The number of quaternary nitrogens is 1. The van der Waals surface area contributed by atoms with Crippen LogP contribution >= 0.6 is 0 Å². The molecule has 2 aliphatic carbocycles. The van der Waals surface area contributed by atoms with E-state index in [1.807, 2.05) is 6.07 Å². The zero-order chi connectivity index (χ0) is 14.0. The van der Waals surface area contributed by atoms with Crippen LogP contribution in [0, 0.1) is 5.92 Å². The fourth-order valence-corrected chi connectivity index (χ4v) is 5.57. The maximum atomic E-state index is 9.97. The van der Waals surface area contributed by atoms with Gasteiger partial charge in [-0.2, -0.15) is 0 Å². The number of benzene rings is 1. The van der Waals surface area contributed by atoms with Crippen LogP contribution in [0.5, 0.6) is 5.75 Å². The van der Waals surface area contributed by atoms with Gasteiger partial charge in [-0.1, -0.05) is 18.9 Å². The lowest BCUT2D eigenvalue weighted by Crippen LogP contribution is -2.66. The van der Waals surface area contributed by atoms with Gasteiger partial charge in [-0.15, -0.1) is 0 Å². The fourth-order valence-electron chi connectivity index (χ4n) is 5.57. The van der Waals surface area contributed by atoms with Crippen LogP contribution < -0.4 is 0 Å². The van der Waals surface area contributed by atoms with Gasteiger partial charge >= 0.3 is 0 Å². The first-order valence-electron chi connectivity index (χ1n) is 8.18. The Hall–Kier alpha value is -1.02. The van der Waals surface area contributed by atoms with E-state index < -0.39 is 0 Å². The Labute approximate surface area is 122 Å². The maximum absolute atomic E-state index is 9.97. The van der Waals surface area contributed by atoms with Crippen molar-refractivity contribution in [1.29, 1.82) is 0 Å². The minimum atomic E-state index is 0.378. The van der Waals surface area contributed by atoms with Crippen LogP contribution in [0.2, 0.25) is 0 Å². The van der Waals surface area contributed by atoms with E-state index in [4.69, 9.17) is 0 Å². The summed E-state index contributed by atoms with van der Waals surface area (Å²) in [4.78, 5) is 0. The number of likely N-dealkylation sites (N-methyl/N-ethyl adjacent to an activating group) is 1. The average molecular weight is 272 g/mol. The SMILES string of the molecule is C[N+]1(C)CC[C@]23CCCC[C@@H]2[C@H]1Cc1ccc(O)cc13. The molecule has 0 unspecified atom stereocenters. The van der Waals surface area contributed by atoms with Gasteiger partial charge in [-0.05, 0) is 36.1 Å². The van der Waals surface area contributed by atoms with Gasteiger partial charge in [0, 0.05) is 24.2 Å². The lowest BCUT2D eigenvalue weighted by molar-refractivity contribution is -0.927. The zero-order valence-corrected chi connectivity index (χ0v) is 12.7. The third kappa shape index (κ3) is 1.54. The second kappa shape index (κ2) is 4.00. The molecule has 20 heavy (non-hydrogen) atoms. The molecule has 0 aromatic heterocycles. The van der Waals surface area contributed by atoms with Crippen LogP contribution in [-0.4, -0.2) is 36.3 Å². The summed E-state index contributed by atoms with van der Waals surface area (Å²) < 4.78 is 1.19. The summed E-state index contributed by atoms with van der Waals surface area (Å²) in [7, 11) is 4.85. The zero-order valence-electron chi connectivity index (χ0n) is 12.7. The molecule has 0 amide bonds. The van der Waals surface area contributed by atoms with Crippen LogP contribution in [0.25, 0.3) is 0 Å². The molecule has 0 spiro atoms. The van der Waals surface area contributed by atoms with Crippen LogP contribution in [-0.2, 0) is 11.8 Å². The Morgan fingerprint density at radius 1 is 1.20 bits per heavy atom. The summed E-state index contributed by atoms with van der Waals surface area (Å²) in [5.41, 5.74) is 3.39. The Bertz CT molecular complexity index is 550. The fraction of sp³-hybridized carbons (Fsp3) is 0.667. The highest BCUT2D eigenvalue weighted by molar-refractivity contribution is 5.44. The average Bonchev–Trinajstić information content (AvgIpc) is 2.44. The number of phenolic OH excluding ortho intramolecular Hbond substituents is 1. The Balaban J connectivity index is 1.92. The molecule has 1 aromatic carbocycles. The number of phenols is 1. The molecule has 1 aromatic rings. The van der Waals surface area contributed by atoms with Gasteiger partial charge in [-0.3, -0.25) is 0 Å². The Kier molecular flexibility index (Phi) is 2.54. The molecule has 108 valence electrons. The van der Waals surface area contributed by atoms with Crippen molar-refractivity contribution in [2.45, 2.75) is 50.0 Å². The monoisotopic (exact) mass is 272 g/mol. The quantitative estimate of drug-likeness (QED) is 0.719. The van der Waals surface area contributed by atoms with Crippen molar-refractivity contribution in [2.24, 2.45) is 5.92 Å². The molecule has 2 heteroatoms. The number of nitrogens with zero attached hydrogens (tertiary/aromatic N) is 1. The van der Waals surface area contributed by atoms with E-state index in [9.17, 15) is 5.11 Å². The highest BCUT2D eigenvalue weighted by Crippen LogP contribution is 2.57. The predicted molar refractivity (Wildman–Crippen MR) is 80.8 cm³/mol. The number of aromatic hydroxyl groups is 1. The van der Waals surface area contributed by atoms with Gasteiger partial charge in [-0.25, -0.2) is 0 Å². The van der Waals surface area contributed by atoms with Gasteiger partial charge in [0.1, 0.15) is 5.75 Å². The summed E-state index contributed by atoms with van der Waals surface area (Å²) in [6.07, 6.45) is 8.00. The first-order valence-corrected chi connectivity index (χ1v) is 8.18. The standard InChI is InChI=1S/C18H25NO/c1-19(2)10-9-18-8-4-3-5-15(18)17(19)11-13-6-7-14(20)12-16(13)18/h6-7,12,15,17H,3-5,8-11H2,1-2H3/p+1/t15-,17-,18-/m1/s1. The van der Waals surface area contributed by atoms with Gasteiger partial charge in [0.25, 0.3) is 0 Å². The Morgan fingerprint density at radius 2 is 2.05 bits per heavy atom. The number of hydrogen-bond donors (Lipinski definition) is 1. The second-order valence-electron chi connectivity index (χ2n) is 7.87. The lowest BCUT2D eigenvalue weighted by atomic mass is 9.52. The summed E-state index contributed by atoms with van der Waals surface area (Å²) in [6, 6.07) is 6.94. The third-order valence-corrected chi connectivity index (χ3v) is 6.65. The molecule has 1 N–H and O–H groups in total. The summed E-state index contributed by atoms with van der Waals surface area (Å²) in [5, 5.41) is 9.97. The molecule has 2 nitrogen and oxygen atoms in total. The highest BCUT2D eigenvalue weighted by atomic mass is 16.3. The normalized spacial score (nSPS) is 37.9. The van der Waals surface area contributed by atoms with Crippen LogP contribution in [0.1, 0.15) is 43.2 Å². The van der Waals surface area contributed by atoms with E-state index in [1.165, 1.54) is 60.7 Å². The topological polar surface area (TPSA) is 20.2 Å². The number of hydrogen-bond acceptors (Lipinski definition) is 1. The van der Waals surface area contributed by atoms with Crippen LogP contribution in [0.3, 0.4) is 0 Å². The van der Waals surface area contributed by atoms with Crippen molar-refractivity contribution in [3.63, 3.8) is 0 Å². The van der Waals surface area contributed by atoms with Gasteiger partial charge in [0.05, 0.1) is 26.7 Å². The van der Waals surface area contributed by atoms with Crippen molar-refractivity contribution in [1.82, 2.24) is 0 Å². The maximum Gasteiger partial charge on any atom is 0.115 e. The van der Waals surface area contributed by atoms with E-state index in [0.717, 1.165) is 12.0 Å². The molecule has 1 saturated carbocycles. The summed E-state index contributed by atoms with van der Waals surface area (Å²) in [5.74, 6) is 1.29. The van der Waals surface area contributed by atoms with Crippen molar-refractivity contribution in [2.75, 3.05) is 20.6 Å². The van der Waals surface area contributed by atoms with Gasteiger partial charge in [0.15, 0.2) is 0 Å². The summed E-state index contributed by atoms with van der Waals surface area (Å²) in [6.45, 7) is 1.29. The first-order chi connectivity index (χ1) is 9.53. The molecule has 3 atom stereocenters. The van der Waals surface area contributed by atoms with E-state index >= 15 is 0 Å². The van der Waals surface area contributed by atoms with Gasteiger partial charge in [0.2, 0.25) is 0 Å². The van der Waals surface area contributed by atoms with Gasteiger partial charge < -0.3 is 9.59 Å². The van der Waals surface area contributed by atoms with Crippen LogP contribution in [0.15, 0.2) is 18.2 Å². The number of rotatable bonds is 0. The Morgan fingerprint density at radius 3 is 2.90 bits per heavy atom. The highest BCUT2D eigenvalue weighted by Gasteiger charge is 2.57. The molecule has 4 rings (SSSR count). The summed E-state index contributed by atoms with van der Waals surface area (Å²) >= 11 is 0. The molecule has 0 radical (unpaired) electrons. The molecule has 2 fully saturated rings. The van der Waals surface area contributed by atoms with Crippen LogP contribution in [0.4, 0.5) is 0 Å². The van der Waals surface area contributed by atoms with E-state index in [-0.39, 0.29) is 0 Å². The van der Waals surface area contributed by atoms with E-state index in [0.29, 0.717) is 11.2 Å². The number of fused-ring (bicyclic) bond motifs is 1. The smallest absolute Gasteiger partial charge is 0.115 e. The lowest BCUT2D eigenvalue weighted by Gasteiger charge is -2.60. The van der Waals surface area contributed by atoms with Crippen molar-refractivity contribution < 1.29 is 9.59 Å².